The second-order valence-electron chi connectivity index (χ2n) is 5.02. The molecule has 0 aliphatic carbocycles. The van der Waals surface area contributed by atoms with Crippen LogP contribution >= 0.6 is 0 Å². The van der Waals surface area contributed by atoms with E-state index in [0.29, 0.717) is 12.3 Å². The van der Waals surface area contributed by atoms with Crippen LogP contribution in [0.2, 0.25) is 0 Å². The summed E-state index contributed by atoms with van der Waals surface area (Å²) in [6.07, 6.45) is 1.44. The third-order valence-corrected chi connectivity index (χ3v) is 1.83. The third-order valence-electron chi connectivity index (χ3n) is 1.83. The van der Waals surface area contributed by atoms with Gasteiger partial charge in [0.1, 0.15) is 6.61 Å². The number of aliphatic hydroxyl groups is 1. The fraction of sp³-hybridized carbons (Fsp3) is 0.909. The Morgan fingerprint density at radius 2 is 2.00 bits per heavy atom. The molecular formula is C11H22O3. The molecule has 3 nitrogen and oxygen atoms in total. The summed E-state index contributed by atoms with van der Waals surface area (Å²) in [4.78, 5) is 11.2. The van der Waals surface area contributed by atoms with Crippen LogP contribution in [0.5, 0.6) is 0 Å². The molecule has 0 aliphatic heterocycles. The minimum atomic E-state index is -0.212. The fourth-order valence-electron chi connectivity index (χ4n) is 1.62. The zero-order valence-electron chi connectivity index (χ0n) is 9.67. The van der Waals surface area contributed by atoms with E-state index in [1.54, 1.807) is 0 Å². The summed E-state index contributed by atoms with van der Waals surface area (Å²) >= 11 is 0. The number of hydrogen-bond acceptors (Lipinski definition) is 3. The van der Waals surface area contributed by atoms with Gasteiger partial charge in [0.05, 0.1) is 6.61 Å². The predicted octanol–water partition coefficient (Wildman–Crippen LogP) is 1.98. The lowest BCUT2D eigenvalue weighted by Crippen LogP contribution is -2.16. The number of hydrogen-bond donors (Lipinski definition) is 1. The molecule has 0 radical (unpaired) electrons. The van der Waals surface area contributed by atoms with E-state index in [1.807, 2.05) is 6.92 Å². The molecule has 1 atom stereocenters. The molecule has 0 aromatic rings. The highest BCUT2D eigenvalue weighted by atomic mass is 16.5. The highest BCUT2D eigenvalue weighted by molar-refractivity contribution is 5.69. The van der Waals surface area contributed by atoms with Crippen molar-refractivity contribution in [1.82, 2.24) is 0 Å². The van der Waals surface area contributed by atoms with Crippen LogP contribution in [0.1, 0.15) is 40.5 Å². The molecule has 0 aromatic carbocycles. The smallest absolute Gasteiger partial charge is 0.306 e. The monoisotopic (exact) mass is 202 g/mol. The quantitative estimate of drug-likeness (QED) is 0.693. The van der Waals surface area contributed by atoms with E-state index in [1.165, 1.54) is 0 Å². The minimum absolute atomic E-state index is 0.0978. The second kappa shape index (κ2) is 6.02. The van der Waals surface area contributed by atoms with Crippen molar-refractivity contribution in [3.8, 4) is 0 Å². The van der Waals surface area contributed by atoms with Crippen LogP contribution in [0.15, 0.2) is 0 Å². The summed E-state index contributed by atoms with van der Waals surface area (Å²) in [5, 5.41) is 8.46. The van der Waals surface area contributed by atoms with Crippen molar-refractivity contribution in [3.63, 3.8) is 0 Å². The highest BCUT2D eigenvalue weighted by Gasteiger charge is 2.18. The van der Waals surface area contributed by atoms with Crippen LogP contribution in [-0.4, -0.2) is 24.3 Å². The van der Waals surface area contributed by atoms with E-state index in [2.05, 4.69) is 20.8 Å². The first-order valence-electron chi connectivity index (χ1n) is 5.11. The molecule has 0 bridgehead atoms. The van der Waals surface area contributed by atoms with Gasteiger partial charge in [-0.25, -0.2) is 0 Å². The van der Waals surface area contributed by atoms with Gasteiger partial charge in [0.2, 0.25) is 0 Å². The lowest BCUT2D eigenvalue weighted by molar-refractivity contribution is -0.145. The number of carbonyl (C=O) groups excluding carboxylic acids is 1. The first-order valence-corrected chi connectivity index (χ1v) is 5.11. The van der Waals surface area contributed by atoms with Crippen LogP contribution < -0.4 is 0 Å². The number of rotatable bonds is 5. The average molecular weight is 202 g/mol. The van der Waals surface area contributed by atoms with Crippen molar-refractivity contribution in [2.45, 2.75) is 40.5 Å². The van der Waals surface area contributed by atoms with Crippen LogP contribution in [0, 0.1) is 11.3 Å². The zero-order valence-corrected chi connectivity index (χ0v) is 9.67. The van der Waals surface area contributed by atoms with Gasteiger partial charge in [0.25, 0.3) is 0 Å². The molecule has 0 aromatic heterocycles. The van der Waals surface area contributed by atoms with Gasteiger partial charge in [0, 0.05) is 6.42 Å². The van der Waals surface area contributed by atoms with E-state index in [9.17, 15) is 4.79 Å². The van der Waals surface area contributed by atoms with E-state index in [0.717, 1.165) is 6.42 Å². The molecule has 1 N–H and O–H groups in total. The Balaban J connectivity index is 3.71. The van der Waals surface area contributed by atoms with Gasteiger partial charge in [-0.1, -0.05) is 27.7 Å². The third kappa shape index (κ3) is 8.05. The Morgan fingerprint density at radius 1 is 1.43 bits per heavy atom. The van der Waals surface area contributed by atoms with Crippen LogP contribution in [0.25, 0.3) is 0 Å². The molecule has 0 heterocycles. The molecular weight excluding hydrogens is 180 g/mol. The Labute approximate surface area is 86.5 Å². The first-order chi connectivity index (χ1) is 6.35. The Hall–Kier alpha value is -0.570. The number of carbonyl (C=O) groups is 1. The Morgan fingerprint density at radius 3 is 2.43 bits per heavy atom. The zero-order chi connectivity index (χ0) is 11.2. The summed E-state index contributed by atoms with van der Waals surface area (Å²) < 4.78 is 4.79. The van der Waals surface area contributed by atoms with E-state index in [-0.39, 0.29) is 24.6 Å². The average Bonchev–Trinajstić information content (AvgIpc) is 1.96. The van der Waals surface area contributed by atoms with Gasteiger partial charge in [-0.3, -0.25) is 4.79 Å². The van der Waals surface area contributed by atoms with E-state index >= 15 is 0 Å². The molecule has 0 amide bonds. The van der Waals surface area contributed by atoms with Crippen molar-refractivity contribution >= 4 is 5.97 Å². The van der Waals surface area contributed by atoms with Gasteiger partial charge in [-0.2, -0.15) is 0 Å². The fourth-order valence-corrected chi connectivity index (χ4v) is 1.62. The molecule has 0 saturated heterocycles. The van der Waals surface area contributed by atoms with E-state index in [4.69, 9.17) is 9.84 Å². The van der Waals surface area contributed by atoms with E-state index < -0.39 is 0 Å². The van der Waals surface area contributed by atoms with Crippen molar-refractivity contribution in [3.05, 3.63) is 0 Å². The summed E-state index contributed by atoms with van der Waals surface area (Å²) in [6, 6.07) is 0. The standard InChI is InChI=1S/C11H22O3/c1-9(8-11(2,3)4)7-10(13)14-6-5-12/h9,12H,5-8H2,1-4H3. The van der Waals surface area contributed by atoms with Crippen LogP contribution in [0.3, 0.4) is 0 Å². The molecule has 14 heavy (non-hydrogen) atoms. The second-order valence-corrected chi connectivity index (χ2v) is 5.02. The molecule has 3 heteroatoms. The van der Waals surface area contributed by atoms with Gasteiger partial charge in [-0.05, 0) is 17.8 Å². The SMILES string of the molecule is CC(CC(=O)OCCO)CC(C)(C)C. The summed E-state index contributed by atoms with van der Waals surface area (Å²) in [5.41, 5.74) is 0.247. The number of aliphatic hydroxyl groups excluding tert-OH is 1. The summed E-state index contributed by atoms with van der Waals surface area (Å²) in [6.45, 7) is 8.53. The van der Waals surface area contributed by atoms with Gasteiger partial charge < -0.3 is 9.84 Å². The predicted molar refractivity (Wildman–Crippen MR) is 55.9 cm³/mol. The molecule has 0 spiro atoms. The van der Waals surface area contributed by atoms with Crippen molar-refractivity contribution in [1.29, 1.82) is 0 Å². The van der Waals surface area contributed by atoms with Crippen molar-refractivity contribution < 1.29 is 14.6 Å². The van der Waals surface area contributed by atoms with Gasteiger partial charge >= 0.3 is 5.97 Å². The first kappa shape index (κ1) is 13.4. The Bertz CT molecular complexity index is 170. The van der Waals surface area contributed by atoms with Crippen molar-refractivity contribution in [2.75, 3.05) is 13.2 Å². The molecule has 0 saturated carbocycles. The van der Waals surface area contributed by atoms with Crippen LogP contribution in [-0.2, 0) is 9.53 Å². The van der Waals surface area contributed by atoms with Gasteiger partial charge in [0.15, 0.2) is 0 Å². The normalized spacial score (nSPS) is 13.8. The minimum Gasteiger partial charge on any atom is -0.463 e. The maximum absolute atomic E-state index is 11.2. The van der Waals surface area contributed by atoms with Crippen molar-refractivity contribution in [2.24, 2.45) is 11.3 Å². The lowest BCUT2D eigenvalue weighted by Gasteiger charge is -2.22. The molecule has 0 fully saturated rings. The van der Waals surface area contributed by atoms with Gasteiger partial charge in [-0.15, -0.1) is 0 Å². The topological polar surface area (TPSA) is 46.5 Å². The molecule has 0 rings (SSSR count). The highest BCUT2D eigenvalue weighted by Crippen LogP contribution is 2.25. The molecule has 84 valence electrons. The van der Waals surface area contributed by atoms with Crippen LogP contribution in [0.4, 0.5) is 0 Å². The largest absolute Gasteiger partial charge is 0.463 e. The summed E-state index contributed by atoms with van der Waals surface area (Å²) in [7, 11) is 0. The maximum atomic E-state index is 11.2. The number of esters is 1. The lowest BCUT2D eigenvalue weighted by atomic mass is 9.84. The Kier molecular flexibility index (Phi) is 5.77. The number of ether oxygens (including phenoxy) is 1. The maximum Gasteiger partial charge on any atom is 0.306 e. The summed E-state index contributed by atoms with van der Waals surface area (Å²) in [5.74, 6) is 0.122. The molecule has 0 aliphatic rings. The molecule has 1 unspecified atom stereocenters.